The molecule has 2 aromatic heterocycles. The van der Waals surface area contributed by atoms with Crippen LogP contribution in [0.3, 0.4) is 0 Å². The van der Waals surface area contributed by atoms with Gasteiger partial charge < -0.3 is 4.42 Å². The number of para-hydroxylation sites is 1. The van der Waals surface area contributed by atoms with E-state index in [0.717, 1.165) is 5.56 Å². The molecule has 25 heavy (non-hydrogen) atoms. The molecule has 0 spiro atoms. The molecule has 0 aliphatic heterocycles. The smallest absolute Gasteiger partial charge is 0.269 e. The summed E-state index contributed by atoms with van der Waals surface area (Å²) in [5.74, 6) is 0.507. The Kier molecular flexibility index (Phi) is 3.50. The fourth-order valence-corrected chi connectivity index (χ4v) is 3.20. The maximum atomic E-state index is 13.1. The third kappa shape index (κ3) is 2.36. The van der Waals surface area contributed by atoms with Gasteiger partial charge in [-0.05, 0) is 31.5 Å². The Morgan fingerprint density at radius 3 is 2.44 bits per heavy atom. The zero-order valence-electron chi connectivity index (χ0n) is 13.9. The van der Waals surface area contributed by atoms with Crippen molar-refractivity contribution in [2.75, 3.05) is 0 Å². The van der Waals surface area contributed by atoms with Gasteiger partial charge >= 0.3 is 0 Å². The minimum absolute atomic E-state index is 0.00733. The predicted octanol–water partition coefficient (Wildman–Crippen LogP) is 3.42. The molecule has 0 saturated carbocycles. The summed E-state index contributed by atoms with van der Waals surface area (Å²) in [6, 6.07) is 16.3. The number of hydrogen-bond acceptors (Lipinski definition) is 4. The maximum absolute atomic E-state index is 13.1. The van der Waals surface area contributed by atoms with Gasteiger partial charge in [0.05, 0.1) is 11.4 Å². The Morgan fingerprint density at radius 2 is 1.68 bits per heavy atom. The Bertz CT molecular complexity index is 1210. The Morgan fingerprint density at radius 1 is 1.00 bits per heavy atom. The molecule has 0 bridgehead atoms. The number of aromatic nitrogens is 2. The molecule has 0 N–H and O–H groups in total. The van der Waals surface area contributed by atoms with Crippen LogP contribution in [-0.2, 0) is 0 Å². The lowest BCUT2D eigenvalue weighted by atomic mass is 10.1. The van der Waals surface area contributed by atoms with Gasteiger partial charge in [-0.2, -0.15) is 4.98 Å². The lowest BCUT2D eigenvalue weighted by Gasteiger charge is -2.18. The van der Waals surface area contributed by atoms with Gasteiger partial charge in [-0.15, -0.1) is 0 Å². The number of rotatable bonds is 2. The van der Waals surface area contributed by atoms with Crippen molar-refractivity contribution in [1.29, 1.82) is 0 Å². The van der Waals surface area contributed by atoms with Crippen molar-refractivity contribution in [1.82, 2.24) is 9.55 Å². The van der Waals surface area contributed by atoms with Gasteiger partial charge in [0.1, 0.15) is 11.4 Å². The average molecular weight is 332 g/mol. The molecular formula is C20H16N2O3. The van der Waals surface area contributed by atoms with Gasteiger partial charge in [0.25, 0.3) is 5.56 Å². The number of benzene rings is 2. The second kappa shape index (κ2) is 5.70. The lowest BCUT2D eigenvalue weighted by molar-refractivity contribution is 0.571. The minimum Gasteiger partial charge on any atom is -0.437 e. The molecule has 0 radical (unpaired) electrons. The molecule has 0 amide bonds. The molecular weight excluding hydrogens is 316 g/mol. The molecule has 1 atom stereocenters. The highest BCUT2D eigenvalue weighted by Crippen LogP contribution is 2.20. The first-order valence-electron chi connectivity index (χ1n) is 8.07. The van der Waals surface area contributed by atoms with Crippen LogP contribution in [-0.4, -0.2) is 9.55 Å². The molecule has 2 heterocycles. The standard InChI is InChI=1S/C20H16N2O3/c1-12(14-8-4-3-5-9-14)22-13(2)21-19-17(20(22)24)18(23)15-10-6-7-11-16(15)25-19/h3-12H,1-2H3/t12-/m1/s1. The summed E-state index contributed by atoms with van der Waals surface area (Å²) >= 11 is 0. The second-order valence-corrected chi connectivity index (χ2v) is 6.03. The van der Waals surface area contributed by atoms with Crippen molar-refractivity contribution in [3.63, 3.8) is 0 Å². The number of nitrogens with zero attached hydrogens (tertiary/aromatic N) is 2. The van der Waals surface area contributed by atoms with Crippen molar-refractivity contribution >= 4 is 22.1 Å². The second-order valence-electron chi connectivity index (χ2n) is 6.03. The average Bonchev–Trinajstić information content (AvgIpc) is 2.62. The first-order valence-corrected chi connectivity index (χ1v) is 8.07. The van der Waals surface area contributed by atoms with E-state index in [1.165, 1.54) is 0 Å². The van der Waals surface area contributed by atoms with Gasteiger partial charge in [-0.1, -0.05) is 42.5 Å². The number of hydrogen-bond donors (Lipinski definition) is 0. The van der Waals surface area contributed by atoms with E-state index in [0.29, 0.717) is 16.8 Å². The van der Waals surface area contributed by atoms with Gasteiger partial charge in [-0.3, -0.25) is 14.2 Å². The molecule has 0 aliphatic rings. The minimum atomic E-state index is -0.377. The monoisotopic (exact) mass is 332 g/mol. The third-order valence-electron chi connectivity index (χ3n) is 4.49. The highest BCUT2D eigenvalue weighted by atomic mass is 16.3. The van der Waals surface area contributed by atoms with Crippen LogP contribution in [0.4, 0.5) is 0 Å². The molecule has 124 valence electrons. The number of aryl methyl sites for hydroxylation is 1. The van der Waals surface area contributed by atoms with Crippen LogP contribution in [0.5, 0.6) is 0 Å². The van der Waals surface area contributed by atoms with Gasteiger partial charge in [0.15, 0.2) is 5.39 Å². The summed E-state index contributed by atoms with van der Waals surface area (Å²) in [6.07, 6.45) is 0. The topological polar surface area (TPSA) is 65.1 Å². The molecule has 5 heteroatoms. The van der Waals surface area contributed by atoms with Crippen LogP contribution in [0.25, 0.3) is 22.1 Å². The van der Waals surface area contributed by atoms with Gasteiger partial charge in [0.2, 0.25) is 11.1 Å². The Labute approximate surface area is 143 Å². The Balaban J connectivity index is 2.07. The van der Waals surface area contributed by atoms with E-state index in [-0.39, 0.29) is 28.1 Å². The molecule has 4 rings (SSSR count). The molecule has 0 fully saturated rings. The van der Waals surface area contributed by atoms with Crippen LogP contribution in [0.1, 0.15) is 24.4 Å². The van der Waals surface area contributed by atoms with E-state index in [1.54, 1.807) is 35.8 Å². The zero-order valence-corrected chi connectivity index (χ0v) is 13.9. The van der Waals surface area contributed by atoms with Crippen molar-refractivity contribution in [3.05, 3.63) is 86.6 Å². The van der Waals surface area contributed by atoms with E-state index < -0.39 is 0 Å². The quantitative estimate of drug-likeness (QED) is 0.528. The predicted molar refractivity (Wildman–Crippen MR) is 97.0 cm³/mol. The van der Waals surface area contributed by atoms with Crippen LogP contribution < -0.4 is 11.0 Å². The third-order valence-corrected chi connectivity index (χ3v) is 4.49. The van der Waals surface area contributed by atoms with E-state index >= 15 is 0 Å². The molecule has 0 aliphatic carbocycles. The fourth-order valence-electron chi connectivity index (χ4n) is 3.20. The summed E-state index contributed by atoms with van der Waals surface area (Å²) in [4.78, 5) is 30.3. The van der Waals surface area contributed by atoms with E-state index in [4.69, 9.17) is 4.42 Å². The normalized spacial score (nSPS) is 12.6. The van der Waals surface area contributed by atoms with Crippen LogP contribution in [0.15, 0.2) is 68.6 Å². The first-order chi connectivity index (χ1) is 12.1. The molecule has 0 unspecified atom stereocenters. The van der Waals surface area contributed by atoms with Crippen LogP contribution >= 0.6 is 0 Å². The summed E-state index contributed by atoms with van der Waals surface area (Å²) in [7, 11) is 0. The number of fused-ring (bicyclic) bond motifs is 2. The molecule has 2 aromatic carbocycles. The van der Waals surface area contributed by atoms with Crippen LogP contribution in [0, 0.1) is 6.92 Å². The van der Waals surface area contributed by atoms with Crippen LogP contribution in [0.2, 0.25) is 0 Å². The Hall–Kier alpha value is -3.21. The van der Waals surface area contributed by atoms with Crippen molar-refractivity contribution in [3.8, 4) is 0 Å². The first kappa shape index (κ1) is 15.3. The van der Waals surface area contributed by atoms with Crippen molar-refractivity contribution < 1.29 is 4.42 Å². The van der Waals surface area contributed by atoms with E-state index in [1.807, 2.05) is 37.3 Å². The van der Waals surface area contributed by atoms with Gasteiger partial charge in [0, 0.05) is 0 Å². The summed E-state index contributed by atoms with van der Waals surface area (Å²) in [6.45, 7) is 3.66. The molecule has 4 aromatic rings. The molecule has 0 saturated heterocycles. The highest BCUT2D eigenvalue weighted by Gasteiger charge is 2.19. The summed E-state index contributed by atoms with van der Waals surface area (Å²) < 4.78 is 7.25. The largest absolute Gasteiger partial charge is 0.437 e. The summed E-state index contributed by atoms with van der Waals surface area (Å²) in [5, 5.41) is 0.378. The molecule has 5 nitrogen and oxygen atoms in total. The van der Waals surface area contributed by atoms with E-state index in [9.17, 15) is 9.59 Å². The fraction of sp³-hybridized carbons (Fsp3) is 0.150. The van der Waals surface area contributed by atoms with Gasteiger partial charge in [-0.25, -0.2) is 0 Å². The van der Waals surface area contributed by atoms with Crippen molar-refractivity contribution in [2.24, 2.45) is 0 Å². The SMILES string of the molecule is Cc1nc2oc3ccccc3c(=O)c2c(=O)n1[C@H](C)c1ccccc1. The summed E-state index contributed by atoms with van der Waals surface area (Å²) in [5.41, 5.74) is 0.767. The highest BCUT2D eigenvalue weighted by molar-refractivity contribution is 5.87. The maximum Gasteiger partial charge on any atom is 0.269 e. The van der Waals surface area contributed by atoms with E-state index in [2.05, 4.69) is 4.98 Å². The lowest BCUT2D eigenvalue weighted by Crippen LogP contribution is -2.30. The zero-order chi connectivity index (χ0) is 17.6. The van der Waals surface area contributed by atoms with Crippen molar-refractivity contribution in [2.45, 2.75) is 19.9 Å².